The first kappa shape index (κ1) is 21.3. The number of aromatic nitrogens is 1. The van der Waals surface area contributed by atoms with Crippen molar-refractivity contribution in [3.05, 3.63) is 76.1 Å². The van der Waals surface area contributed by atoms with E-state index in [-0.39, 0.29) is 5.91 Å². The SMILES string of the molecule is O=C(NCC1CCN(CCc2ccc3cc(Cl)ccc3n2)C1)c1cc2cc(Cl)ccc2o1. The van der Waals surface area contributed by atoms with Crippen LogP contribution >= 0.6 is 23.2 Å². The Morgan fingerprint density at radius 2 is 1.88 bits per heavy atom. The zero-order chi connectivity index (χ0) is 22.1. The zero-order valence-electron chi connectivity index (χ0n) is 17.5. The lowest BCUT2D eigenvalue weighted by Crippen LogP contribution is -2.31. The quantitative estimate of drug-likeness (QED) is 0.401. The summed E-state index contributed by atoms with van der Waals surface area (Å²) in [6.07, 6.45) is 1.97. The van der Waals surface area contributed by atoms with Crippen molar-refractivity contribution in [2.24, 2.45) is 5.92 Å². The van der Waals surface area contributed by atoms with Gasteiger partial charge in [-0.2, -0.15) is 0 Å². The van der Waals surface area contributed by atoms with Crippen LogP contribution in [-0.2, 0) is 6.42 Å². The Bertz CT molecular complexity index is 1290. The van der Waals surface area contributed by atoms with Gasteiger partial charge in [0.2, 0.25) is 0 Å². The van der Waals surface area contributed by atoms with Gasteiger partial charge in [0.25, 0.3) is 5.91 Å². The molecule has 1 fully saturated rings. The Balaban J connectivity index is 1.11. The summed E-state index contributed by atoms with van der Waals surface area (Å²) in [6, 6.07) is 17.0. The minimum absolute atomic E-state index is 0.184. The molecule has 1 amide bonds. The van der Waals surface area contributed by atoms with E-state index in [4.69, 9.17) is 32.6 Å². The maximum atomic E-state index is 12.5. The van der Waals surface area contributed by atoms with Crippen molar-refractivity contribution in [1.29, 1.82) is 0 Å². The number of furan rings is 1. The Morgan fingerprint density at radius 3 is 2.75 bits per heavy atom. The molecule has 0 aliphatic carbocycles. The molecule has 0 saturated carbocycles. The highest BCUT2D eigenvalue weighted by molar-refractivity contribution is 6.31. The lowest BCUT2D eigenvalue weighted by Gasteiger charge is -2.16. The van der Waals surface area contributed by atoms with Gasteiger partial charge in [-0.15, -0.1) is 0 Å². The Kier molecular flexibility index (Phi) is 6.05. The van der Waals surface area contributed by atoms with Crippen LogP contribution in [0.2, 0.25) is 10.0 Å². The summed E-state index contributed by atoms with van der Waals surface area (Å²) in [5.74, 6) is 0.571. The number of hydrogen-bond donors (Lipinski definition) is 1. The summed E-state index contributed by atoms with van der Waals surface area (Å²) in [5, 5.41) is 6.27. The maximum absolute atomic E-state index is 12.5. The first-order valence-electron chi connectivity index (χ1n) is 10.8. The monoisotopic (exact) mass is 467 g/mol. The third kappa shape index (κ3) is 4.75. The molecule has 7 heteroatoms. The summed E-state index contributed by atoms with van der Waals surface area (Å²) in [5.41, 5.74) is 2.72. The van der Waals surface area contributed by atoms with E-state index in [2.05, 4.69) is 22.3 Å². The Hall–Kier alpha value is -2.60. The molecule has 2 aromatic heterocycles. The molecule has 5 rings (SSSR count). The summed E-state index contributed by atoms with van der Waals surface area (Å²) in [7, 11) is 0. The van der Waals surface area contributed by atoms with E-state index in [9.17, 15) is 4.79 Å². The first-order chi connectivity index (χ1) is 15.5. The van der Waals surface area contributed by atoms with Crippen LogP contribution in [0.4, 0.5) is 0 Å². The fourth-order valence-corrected chi connectivity index (χ4v) is 4.64. The van der Waals surface area contributed by atoms with E-state index < -0.39 is 0 Å². The molecule has 1 unspecified atom stereocenters. The maximum Gasteiger partial charge on any atom is 0.287 e. The number of amides is 1. The molecule has 0 spiro atoms. The van der Waals surface area contributed by atoms with Crippen LogP contribution in [0.3, 0.4) is 0 Å². The zero-order valence-corrected chi connectivity index (χ0v) is 19.0. The molecule has 0 radical (unpaired) electrons. The van der Waals surface area contributed by atoms with Gasteiger partial charge < -0.3 is 14.6 Å². The second-order valence-corrected chi connectivity index (χ2v) is 9.22. The molecule has 164 valence electrons. The lowest BCUT2D eigenvalue weighted by atomic mass is 10.1. The van der Waals surface area contributed by atoms with Gasteiger partial charge in [0.1, 0.15) is 5.58 Å². The van der Waals surface area contributed by atoms with Gasteiger partial charge in [0, 0.05) is 52.6 Å². The second kappa shape index (κ2) is 9.10. The molecule has 1 aliphatic heterocycles. The standard InChI is InChI=1S/C25H23Cl2N3O2/c26-19-2-5-22-17(11-19)1-4-21(29-22)8-10-30-9-7-16(15-30)14-28-25(31)24-13-18-12-20(27)3-6-23(18)32-24/h1-6,11-13,16H,7-10,14-15H2,(H,28,31). The molecular formula is C25H23Cl2N3O2. The van der Waals surface area contributed by atoms with Crippen molar-refractivity contribution in [2.45, 2.75) is 12.8 Å². The number of benzene rings is 2. The summed E-state index contributed by atoms with van der Waals surface area (Å²) < 4.78 is 5.65. The fraction of sp³-hybridized carbons (Fsp3) is 0.280. The number of fused-ring (bicyclic) bond motifs is 2. The summed E-state index contributed by atoms with van der Waals surface area (Å²) in [6.45, 7) is 3.61. The number of rotatable bonds is 6. The van der Waals surface area contributed by atoms with Crippen molar-refractivity contribution in [2.75, 3.05) is 26.2 Å². The summed E-state index contributed by atoms with van der Waals surface area (Å²) >= 11 is 12.1. The number of pyridine rings is 1. The number of nitrogens with zero attached hydrogens (tertiary/aromatic N) is 2. The predicted molar refractivity (Wildman–Crippen MR) is 129 cm³/mol. The van der Waals surface area contributed by atoms with Crippen molar-refractivity contribution in [3.63, 3.8) is 0 Å². The molecule has 2 aromatic carbocycles. The topological polar surface area (TPSA) is 58.4 Å². The Labute approximate surface area is 196 Å². The fourth-order valence-electron chi connectivity index (χ4n) is 4.28. The van der Waals surface area contributed by atoms with Gasteiger partial charge >= 0.3 is 0 Å². The smallest absolute Gasteiger partial charge is 0.287 e. The number of nitrogens with one attached hydrogen (secondary N) is 1. The first-order valence-corrected chi connectivity index (χ1v) is 11.5. The molecule has 1 saturated heterocycles. The molecule has 32 heavy (non-hydrogen) atoms. The largest absolute Gasteiger partial charge is 0.451 e. The van der Waals surface area contributed by atoms with Crippen molar-refractivity contribution >= 4 is 51.0 Å². The van der Waals surface area contributed by atoms with Crippen LogP contribution in [-0.4, -0.2) is 42.0 Å². The van der Waals surface area contributed by atoms with Crippen molar-refractivity contribution in [3.8, 4) is 0 Å². The van der Waals surface area contributed by atoms with Gasteiger partial charge in [-0.05, 0) is 67.4 Å². The van der Waals surface area contributed by atoms with Crippen LogP contribution in [0.5, 0.6) is 0 Å². The third-order valence-corrected chi connectivity index (χ3v) is 6.49. The van der Waals surface area contributed by atoms with E-state index in [1.165, 1.54) is 0 Å². The van der Waals surface area contributed by atoms with Gasteiger partial charge in [-0.25, -0.2) is 0 Å². The average Bonchev–Trinajstić information content (AvgIpc) is 3.42. The van der Waals surface area contributed by atoms with Gasteiger partial charge in [0.15, 0.2) is 5.76 Å². The van der Waals surface area contributed by atoms with Crippen LogP contribution in [0.1, 0.15) is 22.7 Å². The van der Waals surface area contributed by atoms with Gasteiger partial charge in [0.05, 0.1) is 5.52 Å². The normalized spacial score (nSPS) is 16.8. The van der Waals surface area contributed by atoms with E-state index in [1.54, 1.807) is 24.3 Å². The third-order valence-electron chi connectivity index (χ3n) is 6.02. The number of carbonyl (C=O) groups excluding carboxylic acids is 1. The number of carbonyl (C=O) groups is 1. The number of halogens is 2. The molecule has 0 bridgehead atoms. The van der Waals surface area contributed by atoms with Gasteiger partial charge in [-0.3, -0.25) is 9.78 Å². The van der Waals surface area contributed by atoms with E-state index in [0.29, 0.717) is 28.8 Å². The van der Waals surface area contributed by atoms with Crippen molar-refractivity contribution < 1.29 is 9.21 Å². The number of hydrogen-bond acceptors (Lipinski definition) is 4. The van der Waals surface area contributed by atoms with E-state index >= 15 is 0 Å². The second-order valence-electron chi connectivity index (χ2n) is 8.35. The average molecular weight is 468 g/mol. The molecule has 3 heterocycles. The minimum atomic E-state index is -0.184. The van der Waals surface area contributed by atoms with Crippen molar-refractivity contribution in [1.82, 2.24) is 15.2 Å². The molecule has 1 atom stereocenters. The lowest BCUT2D eigenvalue weighted by molar-refractivity contribution is 0.0922. The molecule has 5 nitrogen and oxygen atoms in total. The van der Waals surface area contributed by atoms with Gasteiger partial charge in [-0.1, -0.05) is 29.3 Å². The minimum Gasteiger partial charge on any atom is -0.451 e. The summed E-state index contributed by atoms with van der Waals surface area (Å²) in [4.78, 5) is 19.7. The predicted octanol–water partition coefficient (Wildman–Crippen LogP) is 5.58. The van der Waals surface area contributed by atoms with Crippen LogP contribution < -0.4 is 5.32 Å². The van der Waals surface area contributed by atoms with Crippen LogP contribution in [0.25, 0.3) is 21.9 Å². The highest BCUT2D eigenvalue weighted by Crippen LogP contribution is 2.23. The van der Waals surface area contributed by atoms with E-state index in [1.807, 2.05) is 18.2 Å². The Morgan fingerprint density at radius 1 is 1.06 bits per heavy atom. The van der Waals surface area contributed by atoms with E-state index in [0.717, 1.165) is 59.5 Å². The molecule has 4 aromatic rings. The molecule has 1 N–H and O–H groups in total. The van der Waals surface area contributed by atoms with Crippen LogP contribution in [0, 0.1) is 5.92 Å². The highest BCUT2D eigenvalue weighted by Gasteiger charge is 2.23. The molecular weight excluding hydrogens is 445 g/mol. The number of likely N-dealkylation sites (tertiary alicyclic amines) is 1. The van der Waals surface area contributed by atoms with Crippen LogP contribution in [0.15, 0.2) is 59.0 Å². The highest BCUT2D eigenvalue weighted by atomic mass is 35.5. The molecule has 1 aliphatic rings.